The van der Waals surface area contributed by atoms with Crippen LogP contribution in [0.5, 0.6) is 0 Å². The highest BCUT2D eigenvalue weighted by molar-refractivity contribution is 5.37. The summed E-state index contributed by atoms with van der Waals surface area (Å²) in [6, 6.07) is 5.50. The number of aliphatic hydroxyl groups is 1. The molecule has 0 fully saturated rings. The van der Waals surface area contributed by atoms with Gasteiger partial charge in [-0.2, -0.15) is 0 Å². The highest BCUT2D eigenvalue weighted by atomic mass is 16.6. The van der Waals surface area contributed by atoms with Crippen LogP contribution in [0.1, 0.15) is 12.5 Å². The molecule has 4 nitrogen and oxygen atoms in total. The minimum atomic E-state index is -1.38. The normalized spacial score (nSPS) is 14.1. The van der Waals surface area contributed by atoms with Gasteiger partial charge < -0.3 is 5.11 Å². The highest BCUT2D eigenvalue weighted by Crippen LogP contribution is 2.21. The maximum atomic E-state index is 10.3. The number of rotatable bonds is 2. The summed E-state index contributed by atoms with van der Waals surface area (Å²) >= 11 is 0. The van der Waals surface area contributed by atoms with E-state index in [1.54, 1.807) is 0 Å². The third kappa shape index (κ3) is 1.90. The summed E-state index contributed by atoms with van der Waals surface area (Å²) in [5.74, 6) is 2.19. The summed E-state index contributed by atoms with van der Waals surface area (Å²) in [5, 5.41) is 20.0. The number of nitro benzene ring substituents is 1. The summed E-state index contributed by atoms with van der Waals surface area (Å²) in [4.78, 5) is 9.83. The molecule has 1 aromatic carbocycles. The number of hydrogen-bond acceptors (Lipinski definition) is 3. The monoisotopic (exact) mass is 191 g/mol. The van der Waals surface area contributed by atoms with E-state index in [4.69, 9.17) is 6.42 Å². The smallest absolute Gasteiger partial charge is 0.269 e. The van der Waals surface area contributed by atoms with E-state index in [0.717, 1.165) is 0 Å². The van der Waals surface area contributed by atoms with Crippen molar-refractivity contribution in [3.63, 3.8) is 0 Å². The van der Waals surface area contributed by atoms with Crippen molar-refractivity contribution in [2.45, 2.75) is 12.5 Å². The van der Waals surface area contributed by atoms with E-state index in [2.05, 4.69) is 5.92 Å². The van der Waals surface area contributed by atoms with Crippen LogP contribution in [0.3, 0.4) is 0 Å². The minimum Gasteiger partial charge on any atom is -0.374 e. The van der Waals surface area contributed by atoms with Crippen molar-refractivity contribution in [1.29, 1.82) is 0 Å². The molecule has 1 aromatic rings. The number of non-ortho nitro benzene ring substituents is 1. The van der Waals surface area contributed by atoms with Crippen LogP contribution in [0.25, 0.3) is 0 Å². The van der Waals surface area contributed by atoms with Gasteiger partial charge >= 0.3 is 0 Å². The maximum Gasteiger partial charge on any atom is 0.269 e. The Morgan fingerprint density at radius 1 is 1.50 bits per heavy atom. The Balaban J connectivity index is 3.07. The van der Waals surface area contributed by atoms with Gasteiger partial charge in [0.25, 0.3) is 5.69 Å². The van der Waals surface area contributed by atoms with Gasteiger partial charge in [0.05, 0.1) is 4.92 Å². The number of nitrogens with zero attached hydrogens (tertiary/aromatic N) is 1. The van der Waals surface area contributed by atoms with Crippen LogP contribution in [0.15, 0.2) is 24.3 Å². The zero-order chi connectivity index (χ0) is 10.8. The summed E-state index contributed by atoms with van der Waals surface area (Å²) in [6.45, 7) is 1.45. The Morgan fingerprint density at radius 2 is 2.00 bits per heavy atom. The molecule has 72 valence electrons. The lowest BCUT2D eigenvalue weighted by Crippen LogP contribution is -2.17. The van der Waals surface area contributed by atoms with Crippen molar-refractivity contribution < 1.29 is 10.0 Å². The molecule has 0 heterocycles. The molecule has 0 aliphatic heterocycles. The molecule has 1 N–H and O–H groups in total. The molecular formula is C10H9NO3. The average Bonchev–Trinajstić information content (AvgIpc) is 2.18. The molecule has 14 heavy (non-hydrogen) atoms. The van der Waals surface area contributed by atoms with Crippen molar-refractivity contribution in [3.8, 4) is 12.3 Å². The topological polar surface area (TPSA) is 63.4 Å². The van der Waals surface area contributed by atoms with E-state index in [9.17, 15) is 15.2 Å². The van der Waals surface area contributed by atoms with Gasteiger partial charge in [0.15, 0.2) is 0 Å². The quantitative estimate of drug-likeness (QED) is 0.437. The molecule has 0 aliphatic rings. The summed E-state index contributed by atoms with van der Waals surface area (Å²) in [5.41, 5.74) is -0.943. The molecule has 0 saturated heterocycles. The third-order valence-electron chi connectivity index (χ3n) is 1.92. The standard InChI is InChI=1S/C10H9NO3/c1-3-10(2,12)8-4-6-9(7-5-8)11(13)14/h1,4-7,12H,2H3. The van der Waals surface area contributed by atoms with Gasteiger partial charge in [-0.3, -0.25) is 10.1 Å². The van der Waals surface area contributed by atoms with Gasteiger partial charge in [0, 0.05) is 12.1 Å². The van der Waals surface area contributed by atoms with E-state index in [1.807, 2.05) is 0 Å². The zero-order valence-corrected chi connectivity index (χ0v) is 7.60. The van der Waals surface area contributed by atoms with Crippen LogP contribution in [0.2, 0.25) is 0 Å². The van der Waals surface area contributed by atoms with Crippen LogP contribution < -0.4 is 0 Å². The van der Waals surface area contributed by atoms with Crippen molar-refractivity contribution >= 4 is 5.69 Å². The van der Waals surface area contributed by atoms with E-state index in [0.29, 0.717) is 5.56 Å². The van der Waals surface area contributed by atoms with E-state index in [1.165, 1.54) is 31.2 Å². The van der Waals surface area contributed by atoms with Crippen LogP contribution in [-0.4, -0.2) is 10.0 Å². The predicted octanol–water partition coefficient (Wildman–Crippen LogP) is 1.44. The zero-order valence-electron chi connectivity index (χ0n) is 7.60. The lowest BCUT2D eigenvalue weighted by atomic mass is 9.97. The predicted molar refractivity (Wildman–Crippen MR) is 51.5 cm³/mol. The Bertz CT molecular complexity index is 387. The molecule has 0 aromatic heterocycles. The van der Waals surface area contributed by atoms with Crippen LogP contribution in [0, 0.1) is 22.5 Å². The highest BCUT2D eigenvalue weighted by Gasteiger charge is 2.20. The third-order valence-corrected chi connectivity index (χ3v) is 1.92. The first kappa shape index (κ1) is 10.2. The van der Waals surface area contributed by atoms with Crippen molar-refractivity contribution in [2.24, 2.45) is 0 Å². The number of terminal acetylenes is 1. The molecule has 1 unspecified atom stereocenters. The number of nitro groups is 1. The Kier molecular flexibility index (Phi) is 2.54. The van der Waals surface area contributed by atoms with Gasteiger partial charge in [0.1, 0.15) is 5.60 Å². The number of benzene rings is 1. The lowest BCUT2D eigenvalue weighted by molar-refractivity contribution is -0.384. The first-order valence-corrected chi connectivity index (χ1v) is 3.92. The second-order valence-electron chi connectivity index (χ2n) is 3.02. The second-order valence-corrected chi connectivity index (χ2v) is 3.02. The largest absolute Gasteiger partial charge is 0.374 e. The van der Waals surface area contributed by atoms with Gasteiger partial charge in [-0.25, -0.2) is 0 Å². The maximum absolute atomic E-state index is 10.3. The Morgan fingerprint density at radius 3 is 2.36 bits per heavy atom. The van der Waals surface area contributed by atoms with E-state index < -0.39 is 10.5 Å². The fraction of sp³-hybridized carbons (Fsp3) is 0.200. The van der Waals surface area contributed by atoms with E-state index in [-0.39, 0.29) is 5.69 Å². The fourth-order valence-electron chi connectivity index (χ4n) is 0.991. The van der Waals surface area contributed by atoms with Gasteiger partial charge in [-0.05, 0) is 24.6 Å². The van der Waals surface area contributed by atoms with Gasteiger partial charge in [-0.15, -0.1) is 6.42 Å². The molecule has 0 spiro atoms. The Labute approximate surface area is 81.3 Å². The second kappa shape index (κ2) is 3.48. The SMILES string of the molecule is C#CC(C)(O)c1ccc([N+](=O)[O-])cc1. The minimum absolute atomic E-state index is 0.0263. The average molecular weight is 191 g/mol. The molecule has 0 aliphatic carbocycles. The first-order valence-electron chi connectivity index (χ1n) is 3.92. The van der Waals surface area contributed by atoms with Gasteiger partial charge in [-0.1, -0.05) is 5.92 Å². The summed E-state index contributed by atoms with van der Waals surface area (Å²) < 4.78 is 0. The molecule has 4 heteroatoms. The van der Waals surface area contributed by atoms with E-state index >= 15 is 0 Å². The lowest BCUT2D eigenvalue weighted by Gasteiger charge is -2.15. The molecular weight excluding hydrogens is 182 g/mol. The number of hydrogen-bond donors (Lipinski definition) is 1. The molecule has 0 radical (unpaired) electrons. The molecule has 1 atom stereocenters. The van der Waals surface area contributed by atoms with Crippen molar-refractivity contribution in [3.05, 3.63) is 39.9 Å². The van der Waals surface area contributed by atoms with Crippen LogP contribution in [0.4, 0.5) is 5.69 Å². The summed E-state index contributed by atoms with van der Waals surface area (Å²) in [7, 11) is 0. The fourth-order valence-corrected chi connectivity index (χ4v) is 0.991. The first-order chi connectivity index (χ1) is 6.47. The molecule has 1 rings (SSSR count). The molecule has 0 bridgehead atoms. The molecule has 0 saturated carbocycles. The molecule has 0 amide bonds. The van der Waals surface area contributed by atoms with Crippen molar-refractivity contribution in [1.82, 2.24) is 0 Å². The van der Waals surface area contributed by atoms with Crippen molar-refractivity contribution in [2.75, 3.05) is 0 Å². The summed E-state index contributed by atoms with van der Waals surface area (Å²) in [6.07, 6.45) is 5.10. The van der Waals surface area contributed by atoms with Crippen LogP contribution >= 0.6 is 0 Å². The Hall–Kier alpha value is -1.86. The van der Waals surface area contributed by atoms with Crippen LogP contribution in [-0.2, 0) is 5.60 Å². The van der Waals surface area contributed by atoms with Gasteiger partial charge in [0.2, 0.25) is 0 Å².